The minimum atomic E-state index is -1.62. The first-order chi connectivity index (χ1) is 17.1. The number of aliphatic hydroxyl groups is 2. The number of carboxylic acids is 1. The van der Waals surface area contributed by atoms with Crippen LogP contribution in [0, 0.1) is 17.8 Å². The van der Waals surface area contributed by atoms with Crippen LogP contribution in [0.15, 0.2) is 0 Å². The molecule has 0 aromatic rings. The second-order valence-electron chi connectivity index (χ2n) is 10.4. The fourth-order valence-electron chi connectivity index (χ4n) is 3.50. The van der Waals surface area contributed by atoms with Gasteiger partial charge in [0.2, 0.25) is 23.6 Å². The molecular weight excluding hydrogens is 486 g/mol. The van der Waals surface area contributed by atoms with Gasteiger partial charge in [-0.25, -0.2) is 4.79 Å². The molecule has 5 atom stereocenters. The van der Waals surface area contributed by atoms with E-state index in [1.165, 1.54) is 0 Å². The Bertz CT molecular complexity index is 774. The van der Waals surface area contributed by atoms with E-state index in [-0.39, 0.29) is 24.2 Å². The first kappa shape index (κ1) is 34.2. The Balaban J connectivity index is 5.59. The van der Waals surface area contributed by atoms with Crippen molar-refractivity contribution in [3.63, 3.8) is 0 Å². The normalized spacial score (nSPS) is 15.5. The Morgan fingerprint density at radius 2 is 0.892 bits per heavy atom. The van der Waals surface area contributed by atoms with Crippen molar-refractivity contribution < 1.29 is 39.3 Å². The molecule has 0 aromatic heterocycles. The molecule has 0 radical (unpaired) electrons. The van der Waals surface area contributed by atoms with E-state index in [9.17, 15) is 29.1 Å². The minimum absolute atomic E-state index is 0.0333. The molecule has 0 unspecified atom stereocenters. The van der Waals surface area contributed by atoms with Gasteiger partial charge in [-0.15, -0.1) is 0 Å². The van der Waals surface area contributed by atoms with Gasteiger partial charge in [-0.3, -0.25) is 19.2 Å². The number of nitrogens with one attached hydrogen (secondary N) is 4. The third kappa shape index (κ3) is 13.4. The van der Waals surface area contributed by atoms with E-state index in [4.69, 9.17) is 15.9 Å². The number of carbonyl (C=O) groups is 5. The molecule has 0 aliphatic rings. The summed E-state index contributed by atoms with van der Waals surface area (Å²) < 4.78 is 0. The number of amides is 4. The molecule has 0 aromatic carbocycles. The molecule has 4 amide bonds. The molecular formula is C24H45N5O8. The zero-order chi connectivity index (χ0) is 28.9. The molecule has 0 spiro atoms. The third-order valence-electron chi connectivity index (χ3n) is 5.35. The van der Waals surface area contributed by atoms with Crippen LogP contribution in [0.4, 0.5) is 0 Å². The van der Waals surface area contributed by atoms with Crippen molar-refractivity contribution in [1.82, 2.24) is 21.3 Å². The van der Waals surface area contributed by atoms with Gasteiger partial charge in [-0.05, 0) is 37.0 Å². The van der Waals surface area contributed by atoms with E-state index in [2.05, 4.69) is 16.0 Å². The number of hydrogen-bond donors (Lipinski definition) is 8. The number of carboxylic acid groups (broad SMARTS) is 1. The Morgan fingerprint density at radius 1 is 0.568 bits per heavy atom. The van der Waals surface area contributed by atoms with Gasteiger partial charge in [-0.1, -0.05) is 41.5 Å². The lowest BCUT2D eigenvalue weighted by Crippen LogP contribution is -2.59. The number of hydrogen-bond acceptors (Lipinski definition) is 8. The topological polar surface area (TPSA) is 220 Å². The fraction of sp³-hybridized carbons (Fsp3) is 0.792. The van der Waals surface area contributed by atoms with Crippen molar-refractivity contribution in [3.05, 3.63) is 0 Å². The van der Waals surface area contributed by atoms with Crippen LogP contribution in [-0.2, 0) is 24.0 Å². The molecule has 37 heavy (non-hydrogen) atoms. The predicted molar refractivity (Wildman–Crippen MR) is 136 cm³/mol. The molecule has 9 N–H and O–H groups in total. The zero-order valence-electron chi connectivity index (χ0n) is 22.6. The van der Waals surface area contributed by atoms with Crippen molar-refractivity contribution in [1.29, 1.82) is 0 Å². The summed E-state index contributed by atoms with van der Waals surface area (Å²) in [6.07, 6.45) is 0.909. The second kappa shape index (κ2) is 16.9. The Kier molecular flexibility index (Phi) is 15.6. The fourth-order valence-corrected chi connectivity index (χ4v) is 3.50. The lowest BCUT2D eigenvalue weighted by Gasteiger charge is -2.27. The second-order valence-corrected chi connectivity index (χ2v) is 10.4. The molecule has 13 heteroatoms. The van der Waals surface area contributed by atoms with E-state index in [1.54, 1.807) is 0 Å². The molecule has 13 nitrogen and oxygen atoms in total. The molecule has 214 valence electrons. The maximum absolute atomic E-state index is 13.1. The molecule has 0 aliphatic heterocycles. The summed E-state index contributed by atoms with van der Waals surface area (Å²) in [4.78, 5) is 62.1. The number of nitrogens with two attached hydrogens (primary N) is 1. The van der Waals surface area contributed by atoms with E-state index in [1.807, 2.05) is 46.9 Å². The molecule has 0 heterocycles. The summed E-state index contributed by atoms with van der Waals surface area (Å²) in [6.45, 7) is 9.50. The van der Waals surface area contributed by atoms with Crippen molar-refractivity contribution in [2.75, 3.05) is 13.2 Å². The van der Waals surface area contributed by atoms with Crippen LogP contribution in [0.25, 0.3) is 0 Å². The van der Waals surface area contributed by atoms with Gasteiger partial charge in [0, 0.05) is 0 Å². The smallest absolute Gasteiger partial charge is 0.328 e. The average Bonchev–Trinajstić information content (AvgIpc) is 2.78. The number of rotatable bonds is 17. The van der Waals surface area contributed by atoms with Gasteiger partial charge in [0.05, 0.1) is 19.3 Å². The largest absolute Gasteiger partial charge is 0.480 e. The zero-order valence-corrected chi connectivity index (χ0v) is 22.6. The predicted octanol–water partition coefficient (Wildman–Crippen LogP) is -1.54. The average molecular weight is 532 g/mol. The quantitative estimate of drug-likeness (QED) is 0.109. The third-order valence-corrected chi connectivity index (χ3v) is 5.35. The maximum atomic E-state index is 13.1. The highest BCUT2D eigenvalue weighted by atomic mass is 16.4. The van der Waals surface area contributed by atoms with Crippen LogP contribution in [0.1, 0.15) is 60.8 Å². The van der Waals surface area contributed by atoms with Gasteiger partial charge < -0.3 is 42.3 Å². The van der Waals surface area contributed by atoms with Crippen molar-refractivity contribution in [2.24, 2.45) is 23.5 Å². The van der Waals surface area contributed by atoms with E-state index in [0.29, 0.717) is 12.8 Å². The molecule has 0 rings (SSSR count). The van der Waals surface area contributed by atoms with Crippen LogP contribution in [0.5, 0.6) is 0 Å². The van der Waals surface area contributed by atoms with Crippen LogP contribution in [0.2, 0.25) is 0 Å². The summed E-state index contributed by atoms with van der Waals surface area (Å²) in [5.41, 5.74) is 5.95. The van der Waals surface area contributed by atoms with Crippen LogP contribution in [-0.4, -0.2) is 88.3 Å². The number of aliphatic carboxylic acids is 1. The van der Waals surface area contributed by atoms with E-state index in [0.717, 1.165) is 0 Å². The summed E-state index contributed by atoms with van der Waals surface area (Å²) in [5, 5.41) is 37.3. The summed E-state index contributed by atoms with van der Waals surface area (Å²) >= 11 is 0. The first-order valence-electron chi connectivity index (χ1n) is 12.5. The van der Waals surface area contributed by atoms with Crippen LogP contribution < -0.4 is 27.0 Å². The van der Waals surface area contributed by atoms with Crippen molar-refractivity contribution in [2.45, 2.75) is 91.0 Å². The standard InChI is InChI=1S/C24H45N5O8/c1-12(2)7-15(25)20(32)26-16(8-13(3)4)21(33)27-17(9-14(5)6)22(34)28-18(10-30)23(35)29-19(11-31)24(36)37/h12-19,30-31H,7-11,25H2,1-6H3,(H,26,32)(H,27,33)(H,28,34)(H,29,35)(H,36,37)/t15-,16-,17-,18-,19-/m0/s1. The summed E-state index contributed by atoms with van der Waals surface area (Å²) in [7, 11) is 0. The maximum Gasteiger partial charge on any atom is 0.328 e. The van der Waals surface area contributed by atoms with Gasteiger partial charge in [0.1, 0.15) is 24.2 Å². The molecule has 0 bridgehead atoms. The monoisotopic (exact) mass is 531 g/mol. The molecule has 0 saturated heterocycles. The SMILES string of the molecule is CC(C)C[C@H](NC(=O)[C@H](CC(C)C)NC(=O)[C@@H](N)CC(C)C)C(=O)N[C@@H](CO)C(=O)N[C@@H](CO)C(=O)O. The van der Waals surface area contributed by atoms with Gasteiger partial charge in [0.25, 0.3) is 0 Å². The Labute approximate surface area is 218 Å². The van der Waals surface area contributed by atoms with Gasteiger partial charge in [-0.2, -0.15) is 0 Å². The molecule has 0 aliphatic carbocycles. The Hall–Kier alpha value is -2.77. The lowest BCUT2D eigenvalue weighted by atomic mass is 9.99. The summed E-state index contributed by atoms with van der Waals surface area (Å²) in [6, 6.07) is -6.00. The highest BCUT2D eigenvalue weighted by Gasteiger charge is 2.32. The first-order valence-corrected chi connectivity index (χ1v) is 12.5. The summed E-state index contributed by atoms with van der Waals surface area (Å²) in [5.74, 6) is -4.21. The van der Waals surface area contributed by atoms with Gasteiger partial charge in [0.15, 0.2) is 0 Å². The van der Waals surface area contributed by atoms with Crippen molar-refractivity contribution >= 4 is 29.6 Å². The molecule has 0 saturated carbocycles. The molecule has 0 fully saturated rings. The Morgan fingerprint density at radius 3 is 1.24 bits per heavy atom. The van der Waals surface area contributed by atoms with E-state index < -0.39 is 73.0 Å². The highest BCUT2D eigenvalue weighted by molar-refractivity contribution is 5.95. The van der Waals surface area contributed by atoms with Gasteiger partial charge >= 0.3 is 5.97 Å². The van der Waals surface area contributed by atoms with Crippen LogP contribution in [0.3, 0.4) is 0 Å². The lowest BCUT2D eigenvalue weighted by molar-refractivity contribution is -0.143. The highest BCUT2D eigenvalue weighted by Crippen LogP contribution is 2.10. The number of aliphatic hydroxyl groups excluding tert-OH is 2. The van der Waals surface area contributed by atoms with Crippen LogP contribution >= 0.6 is 0 Å². The number of carbonyl (C=O) groups excluding carboxylic acids is 4. The van der Waals surface area contributed by atoms with Crippen molar-refractivity contribution in [3.8, 4) is 0 Å². The minimum Gasteiger partial charge on any atom is -0.480 e. The van der Waals surface area contributed by atoms with E-state index >= 15 is 0 Å².